The lowest BCUT2D eigenvalue weighted by molar-refractivity contribution is -0.117. The lowest BCUT2D eigenvalue weighted by atomic mass is 10.2. The Morgan fingerprint density at radius 1 is 1.29 bits per heavy atom. The largest absolute Gasteiger partial charge is 0.299 e. The molecule has 2 aromatic rings. The van der Waals surface area contributed by atoms with Gasteiger partial charge in [0, 0.05) is 10.9 Å². The van der Waals surface area contributed by atoms with Crippen molar-refractivity contribution in [1.82, 2.24) is 14.9 Å². The second-order valence-corrected chi connectivity index (χ2v) is 10.6. The van der Waals surface area contributed by atoms with Crippen molar-refractivity contribution in [2.45, 2.75) is 37.1 Å². The van der Waals surface area contributed by atoms with Crippen LogP contribution in [0.5, 0.6) is 0 Å². The number of anilines is 1. The summed E-state index contributed by atoms with van der Waals surface area (Å²) in [5.74, 6) is 0.248. The van der Waals surface area contributed by atoms with Gasteiger partial charge in [0.05, 0.1) is 5.02 Å². The quantitative estimate of drug-likeness (QED) is 0.559. The molecular weight excluding hydrogens is 463 g/mol. The predicted octanol–water partition coefficient (Wildman–Crippen LogP) is 4.01. The average Bonchev–Trinajstić information content (AvgIpc) is 3.09. The maximum absolute atomic E-state index is 12.8. The SMILES string of the molecule is CSCCC(NS(=O)(=O)c1cc(Cl)ccc1Cl)C(=O)Nc1nnc(C(C)C)s1. The third-order valence-electron chi connectivity index (χ3n) is 3.57. The fourth-order valence-corrected chi connectivity index (χ4v) is 5.34. The van der Waals surface area contributed by atoms with Crippen LogP contribution in [0.1, 0.15) is 31.2 Å². The zero-order valence-corrected chi connectivity index (χ0v) is 19.4. The van der Waals surface area contributed by atoms with Crippen molar-refractivity contribution in [3.63, 3.8) is 0 Å². The van der Waals surface area contributed by atoms with Gasteiger partial charge in [-0.15, -0.1) is 10.2 Å². The van der Waals surface area contributed by atoms with E-state index in [1.54, 1.807) is 0 Å². The number of nitrogens with zero attached hydrogens (tertiary/aromatic N) is 2. The van der Waals surface area contributed by atoms with Crippen LogP contribution in [0, 0.1) is 0 Å². The number of hydrogen-bond acceptors (Lipinski definition) is 7. The number of aromatic nitrogens is 2. The van der Waals surface area contributed by atoms with E-state index in [-0.39, 0.29) is 20.9 Å². The first-order valence-corrected chi connectivity index (χ1v) is 12.7. The van der Waals surface area contributed by atoms with Crippen molar-refractivity contribution in [2.24, 2.45) is 0 Å². The standard InChI is InChI=1S/C16H20Cl2N4O3S3/c1-9(2)15-20-21-16(27-15)19-14(23)12(6-7-26-3)22-28(24,25)13-8-10(17)4-5-11(13)18/h4-5,8-9,12,22H,6-7H2,1-3H3,(H,19,21,23). The van der Waals surface area contributed by atoms with E-state index >= 15 is 0 Å². The second-order valence-electron chi connectivity index (χ2n) is 6.12. The zero-order chi connectivity index (χ0) is 20.9. The monoisotopic (exact) mass is 482 g/mol. The van der Waals surface area contributed by atoms with Gasteiger partial charge in [0.15, 0.2) is 0 Å². The Balaban J connectivity index is 2.21. The molecule has 0 aliphatic carbocycles. The number of thioether (sulfide) groups is 1. The van der Waals surface area contributed by atoms with Crippen LogP contribution in [-0.2, 0) is 14.8 Å². The van der Waals surface area contributed by atoms with Gasteiger partial charge in [0.2, 0.25) is 21.1 Å². The van der Waals surface area contributed by atoms with Crippen molar-refractivity contribution in [1.29, 1.82) is 0 Å². The van der Waals surface area contributed by atoms with Crippen LogP contribution in [0.25, 0.3) is 0 Å². The van der Waals surface area contributed by atoms with Gasteiger partial charge >= 0.3 is 0 Å². The molecule has 0 radical (unpaired) electrons. The Morgan fingerprint density at radius 3 is 2.61 bits per heavy atom. The van der Waals surface area contributed by atoms with Gasteiger partial charge in [-0.3, -0.25) is 10.1 Å². The number of benzene rings is 1. The van der Waals surface area contributed by atoms with Gasteiger partial charge in [-0.1, -0.05) is 48.4 Å². The lowest BCUT2D eigenvalue weighted by Crippen LogP contribution is -2.44. The molecule has 2 N–H and O–H groups in total. The molecular formula is C16H20Cl2N4O3S3. The highest BCUT2D eigenvalue weighted by molar-refractivity contribution is 7.98. The van der Waals surface area contributed by atoms with Crippen LogP contribution in [0.2, 0.25) is 10.0 Å². The molecule has 1 amide bonds. The first-order valence-electron chi connectivity index (χ1n) is 8.24. The molecule has 0 aliphatic heterocycles. The second kappa shape index (κ2) is 10.2. The van der Waals surface area contributed by atoms with Gasteiger partial charge in [-0.05, 0) is 36.6 Å². The number of sulfonamides is 1. The van der Waals surface area contributed by atoms with E-state index in [4.69, 9.17) is 23.2 Å². The summed E-state index contributed by atoms with van der Waals surface area (Å²) in [4.78, 5) is 12.5. The van der Waals surface area contributed by atoms with E-state index in [1.165, 1.54) is 41.3 Å². The highest BCUT2D eigenvalue weighted by Gasteiger charge is 2.28. The molecule has 1 aromatic heterocycles. The topological polar surface area (TPSA) is 101 Å². The number of nitrogens with one attached hydrogen (secondary N) is 2. The summed E-state index contributed by atoms with van der Waals surface area (Å²) in [7, 11) is -4.06. The molecule has 0 bridgehead atoms. The van der Waals surface area contributed by atoms with E-state index in [0.29, 0.717) is 17.3 Å². The number of carbonyl (C=O) groups excluding carboxylic acids is 1. The molecule has 0 spiro atoms. The van der Waals surface area contributed by atoms with Crippen LogP contribution >= 0.6 is 46.3 Å². The molecule has 0 fully saturated rings. The Morgan fingerprint density at radius 2 is 2.00 bits per heavy atom. The number of carbonyl (C=O) groups is 1. The van der Waals surface area contributed by atoms with Crippen molar-refractivity contribution in [2.75, 3.05) is 17.3 Å². The molecule has 1 atom stereocenters. The van der Waals surface area contributed by atoms with Gasteiger partial charge < -0.3 is 0 Å². The molecule has 154 valence electrons. The van der Waals surface area contributed by atoms with E-state index in [2.05, 4.69) is 20.2 Å². The molecule has 2 rings (SSSR count). The van der Waals surface area contributed by atoms with Gasteiger partial charge in [0.1, 0.15) is 15.9 Å². The maximum Gasteiger partial charge on any atom is 0.244 e. The van der Waals surface area contributed by atoms with Crippen LogP contribution in [0.3, 0.4) is 0 Å². The normalized spacial score (nSPS) is 12.9. The molecule has 0 saturated heterocycles. The van der Waals surface area contributed by atoms with Crippen LogP contribution in [0.15, 0.2) is 23.1 Å². The number of rotatable bonds is 9. The minimum absolute atomic E-state index is 0.0200. The van der Waals surface area contributed by atoms with Crippen molar-refractivity contribution >= 4 is 67.4 Å². The van der Waals surface area contributed by atoms with E-state index in [1.807, 2.05) is 20.1 Å². The fourth-order valence-electron chi connectivity index (χ4n) is 2.12. The molecule has 28 heavy (non-hydrogen) atoms. The summed E-state index contributed by atoms with van der Waals surface area (Å²) < 4.78 is 27.9. The summed E-state index contributed by atoms with van der Waals surface area (Å²) >= 11 is 14.7. The lowest BCUT2D eigenvalue weighted by Gasteiger charge is -2.18. The highest BCUT2D eigenvalue weighted by atomic mass is 35.5. The average molecular weight is 483 g/mol. The van der Waals surface area contributed by atoms with Crippen LogP contribution < -0.4 is 10.0 Å². The minimum atomic E-state index is -4.06. The van der Waals surface area contributed by atoms with Crippen molar-refractivity contribution < 1.29 is 13.2 Å². The summed E-state index contributed by atoms with van der Waals surface area (Å²) in [5, 5.41) is 11.9. The first-order chi connectivity index (χ1) is 13.1. The number of amides is 1. The predicted molar refractivity (Wildman–Crippen MR) is 116 cm³/mol. The molecule has 7 nitrogen and oxygen atoms in total. The van der Waals surface area contributed by atoms with Crippen LogP contribution in [0.4, 0.5) is 5.13 Å². The third kappa shape index (κ3) is 6.30. The first kappa shape index (κ1) is 23.4. The maximum atomic E-state index is 12.8. The van der Waals surface area contributed by atoms with E-state index in [9.17, 15) is 13.2 Å². The molecule has 0 saturated carbocycles. The molecule has 1 heterocycles. The minimum Gasteiger partial charge on any atom is -0.299 e. The molecule has 1 aromatic carbocycles. The van der Waals surface area contributed by atoms with Crippen molar-refractivity contribution in [3.8, 4) is 0 Å². The Bertz CT molecular complexity index is 935. The van der Waals surface area contributed by atoms with E-state index in [0.717, 1.165) is 5.01 Å². The smallest absolute Gasteiger partial charge is 0.244 e. The molecule has 12 heteroatoms. The summed E-state index contributed by atoms with van der Waals surface area (Å²) in [6.45, 7) is 3.94. The number of hydrogen-bond donors (Lipinski definition) is 2. The van der Waals surface area contributed by atoms with Gasteiger partial charge in [-0.25, -0.2) is 8.42 Å². The number of halogens is 2. The van der Waals surface area contributed by atoms with Gasteiger partial charge in [-0.2, -0.15) is 16.5 Å². The van der Waals surface area contributed by atoms with Crippen LogP contribution in [-0.4, -0.2) is 42.6 Å². The van der Waals surface area contributed by atoms with Crippen molar-refractivity contribution in [3.05, 3.63) is 33.3 Å². The Hall–Kier alpha value is -0.910. The molecule has 0 aliphatic rings. The summed E-state index contributed by atoms with van der Waals surface area (Å²) in [5.41, 5.74) is 0. The summed E-state index contributed by atoms with van der Waals surface area (Å²) in [6.07, 6.45) is 2.16. The highest BCUT2D eigenvalue weighted by Crippen LogP contribution is 2.26. The van der Waals surface area contributed by atoms with Gasteiger partial charge in [0.25, 0.3) is 0 Å². The molecule has 1 unspecified atom stereocenters. The fraction of sp³-hybridized carbons (Fsp3) is 0.438. The van der Waals surface area contributed by atoms with E-state index < -0.39 is 22.0 Å². The Kier molecular flexibility index (Phi) is 8.53. The summed E-state index contributed by atoms with van der Waals surface area (Å²) in [6, 6.07) is 3.13. The zero-order valence-electron chi connectivity index (χ0n) is 15.4. The third-order valence-corrected chi connectivity index (χ3v) is 7.54. The Labute approximate surface area is 182 Å².